The Hall–Kier alpha value is -1.81. The lowest BCUT2D eigenvalue weighted by molar-refractivity contribution is 0.298. The minimum absolute atomic E-state index is 0.102. The molecule has 21 heavy (non-hydrogen) atoms. The van der Waals surface area contributed by atoms with Crippen molar-refractivity contribution in [2.45, 2.75) is 52.3 Å². The molecule has 0 saturated carbocycles. The second kappa shape index (κ2) is 7.27. The molecule has 1 unspecified atom stereocenters. The minimum Gasteiger partial charge on any atom is -0.487 e. The van der Waals surface area contributed by atoms with E-state index in [9.17, 15) is 0 Å². The molecule has 2 atom stereocenters. The maximum Gasteiger partial charge on any atom is 0.132 e. The van der Waals surface area contributed by atoms with Gasteiger partial charge in [0.05, 0.1) is 5.69 Å². The summed E-state index contributed by atoms with van der Waals surface area (Å²) >= 11 is 0. The standard InChI is InChI=1S/C17H25N3O/c1-4-13(3)20-11-10-15(19-20)12-21-16-8-6-14(7-9-16)17(18)5-2/h6-11,13,17H,4-5,12,18H2,1-3H3/t13?,17-/m1/s1. The molecular weight excluding hydrogens is 262 g/mol. The van der Waals surface area contributed by atoms with Crippen molar-refractivity contribution in [1.29, 1.82) is 0 Å². The summed E-state index contributed by atoms with van der Waals surface area (Å²) in [5.74, 6) is 0.847. The van der Waals surface area contributed by atoms with Crippen LogP contribution in [-0.2, 0) is 6.61 Å². The van der Waals surface area contributed by atoms with Crippen molar-refractivity contribution in [2.75, 3.05) is 0 Å². The van der Waals surface area contributed by atoms with Gasteiger partial charge in [-0.15, -0.1) is 0 Å². The molecule has 1 heterocycles. The first-order valence-corrected chi connectivity index (χ1v) is 7.66. The Kier molecular flexibility index (Phi) is 5.39. The van der Waals surface area contributed by atoms with Gasteiger partial charge in [-0.3, -0.25) is 4.68 Å². The molecule has 1 aromatic carbocycles. The Balaban J connectivity index is 1.92. The van der Waals surface area contributed by atoms with Gasteiger partial charge in [-0.05, 0) is 43.5 Å². The SMILES string of the molecule is CCC(C)n1ccc(COc2ccc([C@H](N)CC)cc2)n1. The van der Waals surface area contributed by atoms with Crippen LogP contribution in [-0.4, -0.2) is 9.78 Å². The van der Waals surface area contributed by atoms with Gasteiger partial charge < -0.3 is 10.5 Å². The molecule has 0 fully saturated rings. The van der Waals surface area contributed by atoms with E-state index in [0.29, 0.717) is 12.6 Å². The fourth-order valence-electron chi connectivity index (χ4n) is 2.09. The Bertz CT molecular complexity index is 547. The number of benzene rings is 1. The summed E-state index contributed by atoms with van der Waals surface area (Å²) in [5.41, 5.74) is 8.09. The highest BCUT2D eigenvalue weighted by Crippen LogP contribution is 2.19. The van der Waals surface area contributed by atoms with E-state index in [-0.39, 0.29) is 6.04 Å². The molecule has 0 radical (unpaired) electrons. The van der Waals surface area contributed by atoms with Crippen LogP contribution in [0.4, 0.5) is 0 Å². The predicted octanol–water partition coefficient (Wildman–Crippen LogP) is 3.84. The molecule has 4 nitrogen and oxygen atoms in total. The highest BCUT2D eigenvalue weighted by molar-refractivity contribution is 5.29. The Labute approximate surface area is 126 Å². The molecule has 0 aliphatic rings. The second-order valence-corrected chi connectivity index (χ2v) is 5.42. The monoisotopic (exact) mass is 287 g/mol. The number of nitrogens with zero attached hydrogens (tertiary/aromatic N) is 2. The van der Waals surface area contributed by atoms with Crippen molar-refractivity contribution in [2.24, 2.45) is 5.73 Å². The zero-order valence-electron chi connectivity index (χ0n) is 13.1. The fourth-order valence-corrected chi connectivity index (χ4v) is 2.09. The largest absolute Gasteiger partial charge is 0.487 e. The van der Waals surface area contributed by atoms with Crippen LogP contribution in [0.5, 0.6) is 5.75 Å². The third kappa shape index (κ3) is 4.08. The number of ether oxygens (including phenoxy) is 1. The summed E-state index contributed by atoms with van der Waals surface area (Å²) < 4.78 is 7.76. The van der Waals surface area contributed by atoms with Crippen LogP contribution in [0.1, 0.15) is 57.0 Å². The third-order valence-electron chi connectivity index (χ3n) is 3.84. The molecule has 0 saturated heterocycles. The van der Waals surface area contributed by atoms with E-state index in [0.717, 1.165) is 29.8 Å². The molecular formula is C17H25N3O. The van der Waals surface area contributed by atoms with Gasteiger partial charge in [0.1, 0.15) is 12.4 Å². The van der Waals surface area contributed by atoms with Gasteiger partial charge >= 0.3 is 0 Å². The van der Waals surface area contributed by atoms with E-state index in [1.807, 2.05) is 41.2 Å². The summed E-state index contributed by atoms with van der Waals surface area (Å²) in [4.78, 5) is 0. The molecule has 2 aromatic rings. The van der Waals surface area contributed by atoms with Gasteiger partial charge in [0.2, 0.25) is 0 Å². The van der Waals surface area contributed by atoms with Crippen LogP contribution < -0.4 is 10.5 Å². The molecule has 4 heteroatoms. The average molecular weight is 287 g/mol. The van der Waals surface area contributed by atoms with E-state index in [1.165, 1.54) is 0 Å². The van der Waals surface area contributed by atoms with E-state index in [4.69, 9.17) is 10.5 Å². The maximum absolute atomic E-state index is 6.00. The maximum atomic E-state index is 6.00. The average Bonchev–Trinajstić information content (AvgIpc) is 3.01. The summed E-state index contributed by atoms with van der Waals surface area (Å²) in [6.45, 7) is 6.89. The molecule has 0 amide bonds. The molecule has 2 N–H and O–H groups in total. The highest BCUT2D eigenvalue weighted by atomic mass is 16.5. The van der Waals surface area contributed by atoms with Gasteiger partial charge in [0.15, 0.2) is 0 Å². The lowest BCUT2D eigenvalue weighted by Gasteiger charge is -2.10. The highest BCUT2D eigenvalue weighted by Gasteiger charge is 2.06. The van der Waals surface area contributed by atoms with E-state index < -0.39 is 0 Å². The molecule has 0 bridgehead atoms. The lowest BCUT2D eigenvalue weighted by Crippen LogP contribution is -2.08. The smallest absolute Gasteiger partial charge is 0.132 e. The van der Waals surface area contributed by atoms with Gasteiger partial charge in [-0.25, -0.2) is 0 Å². The number of nitrogens with two attached hydrogens (primary N) is 1. The first-order valence-electron chi connectivity index (χ1n) is 7.66. The molecule has 2 rings (SSSR count). The van der Waals surface area contributed by atoms with Gasteiger partial charge in [0, 0.05) is 18.3 Å². The topological polar surface area (TPSA) is 53.1 Å². The van der Waals surface area contributed by atoms with Crippen molar-refractivity contribution in [3.63, 3.8) is 0 Å². The fraction of sp³-hybridized carbons (Fsp3) is 0.471. The molecule has 0 spiro atoms. The Morgan fingerprint density at radius 1 is 1.14 bits per heavy atom. The number of hydrogen-bond acceptors (Lipinski definition) is 3. The first-order chi connectivity index (χ1) is 10.1. The third-order valence-corrected chi connectivity index (χ3v) is 3.84. The van der Waals surface area contributed by atoms with Gasteiger partial charge in [0.25, 0.3) is 0 Å². The van der Waals surface area contributed by atoms with Crippen LogP contribution in [0.15, 0.2) is 36.5 Å². The Morgan fingerprint density at radius 3 is 2.48 bits per heavy atom. The van der Waals surface area contributed by atoms with Gasteiger partial charge in [-0.1, -0.05) is 26.0 Å². The number of rotatable bonds is 7. The van der Waals surface area contributed by atoms with Crippen molar-refractivity contribution in [3.05, 3.63) is 47.8 Å². The molecule has 1 aromatic heterocycles. The summed E-state index contributed by atoms with van der Waals surface area (Å²) in [6.07, 6.45) is 4.02. The molecule has 0 aliphatic heterocycles. The lowest BCUT2D eigenvalue weighted by atomic mass is 10.1. The zero-order valence-corrected chi connectivity index (χ0v) is 13.1. The molecule has 114 valence electrons. The van der Waals surface area contributed by atoms with Crippen molar-refractivity contribution in [3.8, 4) is 5.75 Å². The van der Waals surface area contributed by atoms with E-state index in [1.54, 1.807) is 0 Å². The van der Waals surface area contributed by atoms with Crippen LogP contribution in [0.2, 0.25) is 0 Å². The first kappa shape index (κ1) is 15.6. The van der Waals surface area contributed by atoms with Crippen LogP contribution in [0.3, 0.4) is 0 Å². The number of hydrogen-bond donors (Lipinski definition) is 1. The predicted molar refractivity (Wildman–Crippen MR) is 85.2 cm³/mol. The van der Waals surface area contributed by atoms with E-state index >= 15 is 0 Å². The van der Waals surface area contributed by atoms with Gasteiger partial charge in [-0.2, -0.15) is 5.10 Å². The van der Waals surface area contributed by atoms with Crippen molar-refractivity contribution < 1.29 is 4.74 Å². The van der Waals surface area contributed by atoms with Crippen molar-refractivity contribution in [1.82, 2.24) is 9.78 Å². The minimum atomic E-state index is 0.102. The Morgan fingerprint density at radius 2 is 1.86 bits per heavy atom. The number of aromatic nitrogens is 2. The summed E-state index contributed by atoms with van der Waals surface area (Å²) in [6, 6.07) is 10.5. The summed E-state index contributed by atoms with van der Waals surface area (Å²) in [5, 5.41) is 4.53. The molecule has 0 aliphatic carbocycles. The van der Waals surface area contributed by atoms with Crippen molar-refractivity contribution >= 4 is 0 Å². The van der Waals surface area contributed by atoms with E-state index in [2.05, 4.69) is 25.9 Å². The normalized spacial score (nSPS) is 13.9. The van der Waals surface area contributed by atoms with Crippen LogP contribution in [0, 0.1) is 0 Å². The quantitative estimate of drug-likeness (QED) is 0.841. The summed E-state index contributed by atoms with van der Waals surface area (Å²) in [7, 11) is 0. The van der Waals surface area contributed by atoms with Crippen LogP contribution >= 0.6 is 0 Å². The zero-order chi connectivity index (χ0) is 15.2. The van der Waals surface area contributed by atoms with Crippen LogP contribution in [0.25, 0.3) is 0 Å². The second-order valence-electron chi connectivity index (χ2n) is 5.42.